The van der Waals surface area contributed by atoms with Crippen LogP contribution in [0.4, 0.5) is 0 Å². The zero-order valence-electron chi connectivity index (χ0n) is 12.1. The predicted octanol–water partition coefficient (Wildman–Crippen LogP) is -0.1000. The van der Waals surface area contributed by atoms with Crippen LogP contribution in [0.2, 0.25) is 0 Å². The number of rotatable bonds is 3. The molecule has 0 aromatic rings. The molecular weight excluding hydrogens is 266 g/mol. The average Bonchev–Trinajstić information content (AvgIpc) is 2.23. The lowest BCUT2D eigenvalue weighted by molar-refractivity contribution is -0.136. The fourth-order valence-electron chi connectivity index (χ4n) is 2.14. The van der Waals surface area contributed by atoms with Gasteiger partial charge >= 0.3 is 0 Å². The van der Waals surface area contributed by atoms with Gasteiger partial charge in [-0.3, -0.25) is 4.79 Å². The first-order valence-corrected chi connectivity index (χ1v) is 8.41. The average molecular weight is 291 g/mol. The fraction of sp³-hybridized carbons (Fsp3) is 0.917. The monoisotopic (exact) mass is 291 g/mol. The molecule has 19 heavy (non-hydrogen) atoms. The minimum atomic E-state index is -3.24. The normalized spacial score (nSPS) is 23.2. The molecule has 6 nitrogen and oxygen atoms in total. The molecule has 2 atom stereocenters. The maximum atomic E-state index is 12.3. The number of piperidine rings is 1. The number of hydrogen-bond donors (Lipinski definition) is 2. The highest BCUT2D eigenvalue weighted by Gasteiger charge is 2.33. The zero-order chi connectivity index (χ0) is 14.8. The smallest absolute Gasteiger partial charge is 0.240 e. The lowest BCUT2D eigenvalue weighted by atomic mass is 9.86. The highest BCUT2D eigenvalue weighted by molar-refractivity contribution is 7.88. The van der Waals surface area contributed by atoms with Crippen molar-refractivity contribution in [2.45, 2.75) is 45.7 Å². The summed E-state index contributed by atoms with van der Waals surface area (Å²) in [5.74, 6) is -0.104. The number of likely N-dealkylation sites (tertiary alicyclic amines) is 1. The molecule has 3 N–H and O–H groups in total. The van der Waals surface area contributed by atoms with Crippen molar-refractivity contribution in [3.8, 4) is 0 Å². The Hall–Kier alpha value is -0.660. The number of nitrogens with one attached hydrogen (secondary N) is 1. The van der Waals surface area contributed by atoms with E-state index in [9.17, 15) is 13.2 Å². The first-order chi connectivity index (χ1) is 8.50. The fourth-order valence-corrected chi connectivity index (χ4v) is 2.94. The van der Waals surface area contributed by atoms with Gasteiger partial charge in [-0.2, -0.15) is 0 Å². The summed E-state index contributed by atoms with van der Waals surface area (Å²) in [4.78, 5) is 13.9. The molecule has 1 heterocycles. The van der Waals surface area contributed by atoms with E-state index >= 15 is 0 Å². The lowest BCUT2D eigenvalue weighted by Gasteiger charge is -2.37. The Balaban J connectivity index is 2.67. The Morgan fingerprint density at radius 3 is 2.47 bits per heavy atom. The number of sulfonamides is 1. The summed E-state index contributed by atoms with van der Waals surface area (Å²) in [5, 5.41) is 0. The van der Waals surface area contributed by atoms with Crippen LogP contribution in [-0.4, -0.2) is 50.7 Å². The van der Waals surface area contributed by atoms with Crippen LogP contribution in [0.1, 0.15) is 33.6 Å². The van der Waals surface area contributed by atoms with Crippen LogP contribution in [0.5, 0.6) is 0 Å². The molecule has 0 saturated carbocycles. The Bertz CT molecular complexity index is 428. The molecule has 0 spiro atoms. The second-order valence-corrected chi connectivity index (χ2v) is 8.14. The van der Waals surface area contributed by atoms with Gasteiger partial charge in [0.05, 0.1) is 12.3 Å². The van der Waals surface area contributed by atoms with E-state index in [1.807, 2.05) is 20.8 Å². The van der Waals surface area contributed by atoms with E-state index in [2.05, 4.69) is 4.72 Å². The van der Waals surface area contributed by atoms with Crippen molar-refractivity contribution in [2.75, 3.05) is 19.3 Å². The molecule has 1 amide bonds. The first-order valence-electron chi connectivity index (χ1n) is 6.52. The van der Waals surface area contributed by atoms with Crippen LogP contribution in [0.3, 0.4) is 0 Å². The summed E-state index contributed by atoms with van der Waals surface area (Å²) >= 11 is 0. The van der Waals surface area contributed by atoms with Crippen molar-refractivity contribution < 1.29 is 13.2 Å². The maximum absolute atomic E-state index is 12.3. The molecule has 1 aliphatic rings. The van der Waals surface area contributed by atoms with Gasteiger partial charge in [-0.25, -0.2) is 13.1 Å². The Labute approximate surface area is 115 Å². The van der Waals surface area contributed by atoms with Gasteiger partial charge in [-0.05, 0) is 18.3 Å². The highest BCUT2D eigenvalue weighted by atomic mass is 32.2. The van der Waals surface area contributed by atoms with Gasteiger partial charge in [0, 0.05) is 19.1 Å². The van der Waals surface area contributed by atoms with Crippen molar-refractivity contribution in [3.05, 3.63) is 0 Å². The van der Waals surface area contributed by atoms with E-state index < -0.39 is 16.1 Å². The Morgan fingerprint density at radius 2 is 2.00 bits per heavy atom. The van der Waals surface area contributed by atoms with Gasteiger partial charge in [0.2, 0.25) is 15.9 Å². The van der Waals surface area contributed by atoms with Gasteiger partial charge in [0.15, 0.2) is 0 Å². The molecule has 7 heteroatoms. The van der Waals surface area contributed by atoms with Crippen LogP contribution in [0.25, 0.3) is 0 Å². The summed E-state index contributed by atoms with van der Waals surface area (Å²) in [5.41, 5.74) is 5.67. The zero-order valence-corrected chi connectivity index (χ0v) is 13.0. The summed E-state index contributed by atoms with van der Waals surface area (Å²) in [6, 6.07) is -0.774. The molecule has 1 saturated heterocycles. The number of amides is 1. The largest absolute Gasteiger partial charge is 0.340 e. The molecule has 1 fully saturated rings. The van der Waals surface area contributed by atoms with E-state index in [1.54, 1.807) is 4.90 Å². The van der Waals surface area contributed by atoms with Crippen LogP contribution in [-0.2, 0) is 14.8 Å². The number of carbonyl (C=O) groups is 1. The Kier molecular flexibility index (Phi) is 4.97. The Morgan fingerprint density at radius 1 is 1.42 bits per heavy atom. The highest BCUT2D eigenvalue weighted by Crippen LogP contribution is 2.21. The molecule has 0 aromatic heterocycles. The SMILES string of the molecule is CC(C)(C)[C@H](N)C(=O)N1CCCC(NS(C)(=O)=O)C1. The van der Waals surface area contributed by atoms with Gasteiger partial charge in [-0.15, -0.1) is 0 Å². The van der Waals surface area contributed by atoms with Crippen LogP contribution in [0.15, 0.2) is 0 Å². The van der Waals surface area contributed by atoms with Gasteiger partial charge in [0.1, 0.15) is 0 Å². The van der Waals surface area contributed by atoms with Crippen LogP contribution >= 0.6 is 0 Å². The van der Waals surface area contributed by atoms with Crippen molar-refractivity contribution in [3.63, 3.8) is 0 Å². The van der Waals surface area contributed by atoms with E-state index in [0.717, 1.165) is 19.1 Å². The third kappa shape index (κ3) is 5.08. The van der Waals surface area contributed by atoms with Gasteiger partial charge < -0.3 is 10.6 Å². The topological polar surface area (TPSA) is 92.5 Å². The molecular formula is C12H25N3O3S. The molecule has 0 radical (unpaired) electrons. The number of hydrogen-bond acceptors (Lipinski definition) is 4. The summed E-state index contributed by atoms with van der Waals surface area (Å²) in [6.07, 6.45) is 2.67. The minimum Gasteiger partial charge on any atom is -0.340 e. The summed E-state index contributed by atoms with van der Waals surface area (Å²) in [7, 11) is -3.24. The quantitative estimate of drug-likeness (QED) is 0.759. The number of nitrogens with zero attached hydrogens (tertiary/aromatic N) is 1. The standard InChI is InChI=1S/C12H25N3O3S/c1-12(2,3)10(13)11(16)15-7-5-6-9(8-15)14-19(4,17)18/h9-10,14H,5-8,13H2,1-4H3/t9?,10-/m1/s1. The summed E-state index contributed by atoms with van der Waals surface area (Å²) in [6.45, 7) is 6.81. The molecule has 0 aromatic carbocycles. The van der Waals surface area contributed by atoms with E-state index in [0.29, 0.717) is 13.1 Å². The third-order valence-corrected chi connectivity index (χ3v) is 4.07. The van der Waals surface area contributed by atoms with Crippen LogP contribution in [0, 0.1) is 5.41 Å². The third-order valence-electron chi connectivity index (χ3n) is 3.31. The van der Waals surface area contributed by atoms with E-state index in [1.165, 1.54) is 0 Å². The van der Waals surface area contributed by atoms with Crippen molar-refractivity contribution in [1.82, 2.24) is 9.62 Å². The molecule has 1 rings (SSSR count). The maximum Gasteiger partial charge on any atom is 0.240 e. The number of nitrogens with two attached hydrogens (primary N) is 1. The molecule has 1 unspecified atom stereocenters. The van der Waals surface area contributed by atoms with Gasteiger partial charge in [-0.1, -0.05) is 20.8 Å². The van der Waals surface area contributed by atoms with E-state index in [-0.39, 0.29) is 17.4 Å². The van der Waals surface area contributed by atoms with Gasteiger partial charge in [0.25, 0.3) is 0 Å². The minimum absolute atomic E-state index is 0.104. The molecule has 0 bridgehead atoms. The molecule has 1 aliphatic heterocycles. The van der Waals surface area contributed by atoms with Crippen LogP contribution < -0.4 is 10.5 Å². The summed E-state index contributed by atoms with van der Waals surface area (Å²) < 4.78 is 25.0. The molecule has 0 aliphatic carbocycles. The van der Waals surface area contributed by atoms with Crippen molar-refractivity contribution in [1.29, 1.82) is 0 Å². The second kappa shape index (κ2) is 5.76. The molecule has 112 valence electrons. The predicted molar refractivity (Wildman–Crippen MR) is 75.0 cm³/mol. The van der Waals surface area contributed by atoms with E-state index in [4.69, 9.17) is 5.73 Å². The lowest BCUT2D eigenvalue weighted by Crippen LogP contribution is -2.56. The van der Waals surface area contributed by atoms with Crippen molar-refractivity contribution in [2.24, 2.45) is 11.1 Å². The first kappa shape index (κ1) is 16.4. The number of carbonyl (C=O) groups excluding carboxylic acids is 1. The van der Waals surface area contributed by atoms with Crippen molar-refractivity contribution >= 4 is 15.9 Å². The second-order valence-electron chi connectivity index (χ2n) is 6.36.